The van der Waals surface area contributed by atoms with E-state index in [1.54, 1.807) is 11.6 Å². The first-order valence-electron chi connectivity index (χ1n) is 18.2. The van der Waals surface area contributed by atoms with Crippen LogP contribution in [0.5, 0.6) is 0 Å². The molecule has 0 aromatic carbocycles. The number of hydrogen-bond acceptors (Lipinski definition) is 1. The van der Waals surface area contributed by atoms with Gasteiger partial charge in [0.25, 0.3) is 0 Å². The van der Waals surface area contributed by atoms with Gasteiger partial charge in [-0.1, -0.05) is 197 Å². The van der Waals surface area contributed by atoms with Crippen molar-refractivity contribution in [2.24, 2.45) is 17.8 Å². The summed E-state index contributed by atoms with van der Waals surface area (Å²) in [5.41, 5.74) is 4.46. The van der Waals surface area contributed by atoms with Gasteiger partial charge in [-0.3, -0.25) is 0 Å². The number of allylic oxidation sites excluding steroid dienone is 9. The summed E-state index contributed by atoms with van der Waals surface area (Å²) in [5.74, 6) is 2.72. The smallest absolute Gasteiger partial charge is 0.106 e. The highest BCUT2D eigenvalue weighted by Gasteiger charge is 2.13. The maximum absolute atomic E-state index is 8.00. The summed E-state index contributed by atoms with van der Waals surface area (Å²) in [7, 11) is 0. The van der Waals surface area contributed by atoms with Crippen molar-refractivity contribution in [2.45, 2.75) is 190 Å². The molecule has 0 amide bonds. The molecule has 0 aromatic heterocycles. The van der Waals surface area contributed by atoms with E-state index >= 15 is 0 Å². The van der Waals surface area contributed by atoms with Crippen molar-refractivity contribution in [3.05, 3.63) is 59.8 Å². The Balaban J connectivity index is -0.0000000480. The van der Waals surface area contributed by atoms with Gasteiger partial charge in [0.1, 0.15) is 6.79 Å². The SMILES string of the molecule is C=CC.C=O.CC.CC.CC.CC.CC.CC.CC/C1=C/C=C(/C(C)C)CC=CC1.CC1CCC(C)CC1.CC=C(C)C. The van der Waals surface area contributed by atoms with E-state index in [1.807, 2.05) is 104 Å². The van der Waals surface area contributed by atoms with E-state index in [4.69, 9.17) is 4.79 Å². The zero-order valence-corrected chi connectivity index (χ0v) is 34.5. The summed E-state index contributed by atoms with van der Waals surface area (Å²) in [5, 5.41) is 0. The molecule has 2 aliphatic carbocycles. The van der Waals surface area contributed by atoms with E-state index in [-0.39, 0.29) is 0 Å². The number of carbonyl (C=O) groups is 1. The van der Waals surface area contributed by atoms with Gasteiger partial charge in [0.2, 0.25) is 0 Å². The molecule has 1 fully saturated rings. The molecule has 0 unspecified atom stereocenters. The van der Waals surface area contributed by atoms with Crippen LogP contribution in [-0.2, 0) is 4.79 Å². The normalized spacial score (nSPS) is 17.3. The molecule has 43 heavy (non-hydrogen) atoms. The van der Waals surface area contributed by atoms with Crippen molar-refractivity contribution >= 4 is 6.79 Å². The van der Waals surface area contributed by atoms with Crippen molar-refractivity contribution in [1.29, 1.82) is 0 Å². The summed E-state index contributed by atoms with van der Waals surface area (Å²) in [6.45, 7) is 48.9. The van der Waals surface area contributed by atoms with E-state index in [9.17, 15) is 0 Å². The first kappa shape index (κ1) is 64.3. The molecule has 0 aliphatic heterocycles. The van der Waals surface area contributed by atoms with Crippen LogP contribution in [0.15, 0.2) is 59.8 Å². The van der Waals surface area contributed by atoms with Crippen LogP contribution in [0, 0.1) is 17.8 Å². The molecule has 1 nitrogen and oxygen atoms in total. The van der Waals surface area contributed by atoms with Gasteiger partial charge in [-0.15, -0.1) is 6.58 Å². The Morgan fingerprint density at radius 1 is 0.721 bits per heavy atom. The van der Waals surface area contributed by atoms with Gasteiger partial charge in [0.05, 0.1) is 0 Å². The second-order valence-electron chi connectivity index (χ2n) is 9.09. The Bertz CT molecular complexity index is 509. The standard InChI is InChI=1S/C13H20.C8H16.C5H10.C3H6.6C2H6.CH2O/c1-4-12-7-5-6-8-13(10-9-12)11(2)3;1-7-3-5-8(2)6-4-7;1-4-5(2)3;1-3-2;7*1-2/h5-6,9-11H,4,7-8H2,1-3H3;7-8H,3-6H2,1-2H3;4H,1-3H3;3H,1H2,2H3;6*1-2H3;1H2/b6-5?,12-9-,13-10+;;;;;;;;;;. The minimum Gasteiger partial charge on any atom is -0.307 e. The lowest BCUT2D eigenvalue weighted by Crippen LogP contribution is -2.08. The first-order valence-corrected chi connectivity index (χ1v) is 18.2. The van der Waals surface area contributed by atoms with Gasteiger partial charge in [0.15, 0.2) is 0 Å². The highest BCUT2D eigenvalue weighted by molar-refractivity contribution is 5.24. The molecule has 2 aliphatic rings. The van der Waals surface area contributed by atoms with Gasteiger partial charge in [-0.25, -0.2) is 0 Å². The largest absolute Gasteiger partial charge is 0.307 e. The maximum atomic E-state index is 8.00. The predicted molar refractivity (Wildman–Crippen MR) is 213 cm³/mol. The van der Waals surface area contributed by atoms with Crippen molar-refractivity contribution in [2.75, 3.05) is 0 Å². The Hall–Kier alpha value is -1.63. The van der Waals surface area contributed by atoms with Gasteiger partial charge in [-0.05, 0) is 64.7 Å². The van der Waals surface area contributed by atoms with Crippen LogP contribution in [0.1, 0.15) is 190 Å². The predicted octanol–water partition coefficient (Wildman–Crippen LogP) is 16.2. The van der Waals surface area contributed by atoms with Crippen molar-refractivity contribution in [3.8, 4) is 0 Å². The summed E-state index contributed by atoms with van der Waals surface area (Å²) < 4.78 is 0. The zero-order valence-electron chi connectivity index (χ0n) is 34.5. The number of rotatable bonds is 2. The highest BCUT2D eigenvalue weighted by atomic mass is 16.1. The molecule has 0 aromatic rings. The molecular formula is C42H90O. The molecule has 0 N–H and O–H groups in total. The summed E-state index contributed by atoms with van der Waals surface area (Å²) in [4.78, 5) is 8.00. The first-order chi connectivity index (χ1) is 20.7. The molecule has 1 saturated carbocycles. The summed E-state index contributed by atoms with van der Waals surface area (Å²) in [6.07, 6.45) is 22.4. The monoisotopic (exact) mass is 611 g/mol. The summed E-state index contributed by atoms with van der Waals surface area (Å²) in [6, 6.07) is 0. The second kappa shape index (κ2) is 72.5. The molecule has 0 atom stereocenters. The van der Waals surface area contributed by atoms with Gasteiger partial charge >= 0.3 is 0 Å². The fourth-order valence-electron chi connectivity index (χ4n) is 2.93. The molecule has 0 heterocycles. The average Bonchev–Trinajstić information content (AvgIpc) is 3.06. The minimum absolute atomic E-state index is 0.678. The Labute approximate surface area is 278 Å². The minimum atomic E-state index is 0.678. The Morgan fingerprint density at radius 3 is 1.23 bits per heavy atom. The molecule has 0 radical (unpaired) electrons. The molecule has 2 rings (SSSR count). The lowest BCUT2D eigenvalue weighted by Gasteiger charge is -2.22. The van der Waals surface area contributed by atoms with Crippen LogP contribution in [0.2, 0.25) is 0 Å². The fourth-order valence-corrected chi connectivity index (χ4v) is 2.93. The van der Waals surface area contributed by atoms with Crippen molar-refractivity contribution in [3.63, 3.8) is 0 Å². The van der Waals surface area contributed by atoms with Crippen LogP contribution in [-0.4, -0.2) is 6.79 Å². The molecular weight excluding hydrogens is 520 g/mol. The average molecular weight is 611 g/mol. The van der Waals surface area contributed by atoms with Gasteiger partial charge in [-0.2, -0.15) is 0 Å². The lowest BCUT2D eigenvalue weighted by molar-refractivity contribution is -0.0980. The van der Waals surface area contributed by atoms with E-state index < -0.39 is 0 Å². The van der Waals surface area contributed by atoms with E-state index in [0.29, 0.717) is 5.92 Å². The van der Waals surface area contributed by atoms with E-state index in [1.165, 1.54) is 43.3 Å². The van der Waals surface area contributed by atoms with E-state index in [0.717, 1.165) is 24.7 Å². The maximum Gasteiger partial charge on any atom is 0.106 e. The lowest BCUT2D eigenvalue weighted by atomic mass is 9.84. The second-order valence-corrected chi connectivity index (χ2v) is 9.09. The molecule has 264 valence electrons. The molecule has 0 bridgehead atoms. The van der Waals surface area contributed by atoms with Crippen molar-refractivity contribution < 1.29 is 4.79 Å². The highest BCUT2D eigenvalue weighted by Crippen LogP contribution is 2.27. The Morgan fingerprint density at radius 2 is 1.00 bits per heavy atom. The summed E-state index contributed by atoms with van der Waals surface area (Å²) >= 11 is 0. The molecule has 1 heteroatoms. The van der Waals surface area contributed by atoms with Crippen LogP contribution in [0.4, 0.5) is 0 Å². The number of hydrogen-bond donors (Lipinski definition) is 0. The molecule has 0 spiro atoms. The fraction of sp³-hybridized carbons (Fsp3) is 0.738. The van der Waals surface area contributed by atoms with E-state index in [2.05, 4.69) is 85.4 Å². The van der Waals surface area contributed by atoms with Crippen LogP contribution in [0.25, 0.3) is 0 Å². The van der Waals surface area contributed by atoms with Crippen LogP contribution in [0.3, 0.4) is 0 Å². The van der Waals surface area contributed by atoms with Gasteiger partial charge < -0.3 is 4.79 Å². The molecule has 0 saturated heterocycles. The topological polar surface area (TPSA) is 17.1 Å². The van der Waals surface area contributed by atoms with Crippen LogP contribution < -0.4 is 0 Å². The zero-order chi connectivity index (χ0) is 36.7. The number of carbonyl (C=O) groups excluding carboxylic acids is 1. The quantitative estimate of drug-likeness (QED) is 0.284. The third-order valence-electron chi connectivity index (χ3n) is 5.51. The van der Waals surface area contributed by atoms with Crippen LogP contribution >= 0.6 is 0 Å². The third-order valence-corrected chi connectivity index (χ3v) is 5.51. The van der Waals surface area contributed by atoms with Crippen molar-refractivity contribution in [1.82, 2.24) is 0 Å². The van der Waals surface area contributed by atoms with Gasteiger partial charge in [0, 0.05) is 0 Å². The Kier molecular flexibility index (Phi) is 109. The third kappa shape index (κ3) is 73.8.